The van der Waals surface area contributed by atoms with E-state index in [-0.39, 0.29) is 9.79 Å². The number of benzene rings is 2. The Morgan fingerprint density at radius 3 is 2.40 bits per heavy atom. The lowest BCUT2D eigenvalue weighted by Crippen LogP contribution is -2.04. The number of pyridine rings is 1. The molecule has 2 aromatic carbocycles. The molecule has 0 aliphatic carbocycles. The summed E-state index contributed by atoms with van der Waals surface area (Å²) in [7, 11) is -3.60. The fourth-order valence-electron chi connectivity index (χ4n) is 2.11. The van der Waals surface area contributed by atoms with Crippen LogP contribution in [0, 0.1) is 0 Å². The smallest absolute Gasteiger partial charge is 0.208 e. The van der Waals surface area contributed by atoms with Gasteiger partial charge >= 0.3 is 0 Å². The SMILES string of the molecule is Nc1ccc(S(=O)(=O)c2ccccc2)c2ncccc12. The molecule has 3 aromatic rings. The van der Waals surface area contributed by atoms with Gasteiger partial charge in [0.2, 0.25) is 9.84 Å². The first kappa shape index (κ1) is 12.6. The molecule has 3 rings (SSSR count). The second-order valence-electron chi connectivity index (χ2n) is 4.37. The molecule has 0 fully saturated rings. The summed E-state index contributed by atoms with van der Waals surface area (Å²) in [6, 6.07) is 14.9. The number of nitrogens with zero attached hydrogens (tertiary/aromatic N) is 1. The fourth-order valence-corrected chi connectivity index (χ4v) is 3.55. The zero-order valence-corrected chi connectivity index (χ0v) is 11.3. The molecule has 0 bridgehead atoms. The van der Waals surface area contributed by atoms with E-state index in [0.717, 1.165) is 0 Å². The van der Waals surface area contributed by atoms with Crippen LogP contribution in [0.15, 0.2) is 70.6 Å². The Morgan fingerprint density at radius 2 is 1.65 bits per heavy atom. The van der Waals surface area contributed by atoms with Crippen molar-refractivity contribution in [3.05, 3.63) is 60.8 Å². The van der Waals surface area contributed by atoms with Crippen LogP contribution in [0.5, 0.6) is 0 Å². The number of hydrogen-bond acceptors (Lipinski definition) is 4. The molecule has 0 amide bonds. The summed E-state index contributed by atoms with van der Waals surface area (Å²) in [5.41, 5.74) is 6.79. The highest BCUT2D eigenvalue weighted by Crippen LogP contribution is 2.29. The Morgan fingerprint density at radius 1 is 0.900 bits per heavy atom. The minimum absolute atomic E-state index is 0.175. The zero-order valence-electron chi connectivity index (χ0n) is 10.5. The van der Waals surface area contributed by atoms with Gasteiger partial charge < -0.3 is 5.73 Å². The number of sulfone groups is 1. The van der Waals surface area contributed by atoms with Crippen LogP contribution in [0.4, 0.5) is 5.69 Å². The van der Waals surface area contributed by atoms with E-state index in [0.29, 0.717) is 16.6 Å². The summed E-state index contributed by atoms with van der Waals surface area (Å²) in [6.45, 7) is 0. The molecule has 1 heterocycles. The molecule has 0 saturated carbocycles. The van der Waals surface area contributed by atoms with E-state index < -0.39 is 9.84 Å². The van der Waals surface area contributed by atoms with Crippen molar-refractivity contribution in [3.63, 3.8) is 0 Å². The van der Waals surface area contributed by atoms with Gasteiger partial charge in [-0.15, -0.1) is 0 Å². The van der Waals surface area contributed by atoms with Crippen molar-refractivity contribution in [2.45, 2.75) is 9.79 Å². The van der Waals surface area contributed by atoms with Gasteiger partial charge in [0.1, 0.15) is 0 Å². The van der Waals surface area contributed by atoms with Crippen LogP contribution in [0.2, 0.25) is 0 Å². The molecule has 0 aliphatic heterocycles. The standard InChI is InChI=1S/C15H12N2O2S/c16-13-8-9-14(15-12(13)7-4-10-17-15)20(18,19)11-5-2-1-3-6-11/h1-10H,16H2. The minimum atomic E-state index is -3.60. The van der Waals surface area contributed by atoms with Crippen LogP contribution in [0.3, 0.4) is 0 Å². The van der Waals surface area contributed by atoms with Crippen molar-refractivity contribution in [2.24, 2.45) is 0 Å². The molecule has 5 heteroatoms. The third-order valence-corrected chi connectivity index (χ3v) is 4.91. The molecule has 2 N–H and O–H groups in total. The monoisotopic (exact) mass is 284 g/mol. The topological polar surface area (TPSA) is 73.1 Å². The maximum atomic E-state index is 12.7. The highest BCUT2D eigenvalue weighted by molar-refractivity contribution is 7.91. The number of anilines is 1. The van der Waals surface area contributed by atoms with Crippen molar-refractivity contribution in [1.82, 2.24) is 4.98 Å². The first-order valence-corrected chi connectivity index (χ1v) is 7.52. The van der Waals surface area contributed by atoms with E-state index in [1.54, 1.807) is 54.7 Å². The van der Waals surface area contributed by atoms with E-state index in [9.17, 15) is 8.42 Å². The normalized spacial score (nSPS) is 11.6. The first-order chi connectivity index (χ1) is 9.60. The summed E-state index contributed by atoms with van der Waals surface area (Å²) in [5.74, 6) is 0. The molecule has 20 heavy (non-hydrogen) atoms. The largest absolute Gasteiger partial charge is 0.398 e. The Kier molecular flexibility index (Phi) is 2.91. The van der Waals surface area contributed by atoms with Gasteiger partial charge in [-0.05, 0) is 36.4 Å². The fraction of sp³-hybridized carbons (Fsp3) is 0. The average Bonchev–Trinajstić information content (AvgIpc) is 2.48. The van der Waals surface area contributed by atoms with Gasteiger partial charge in [-0.2, -0.15) is 0 Å². The molecule has 1 aromatic heterocycles. The molecule has 0 saturated heterocycles. The van der Waals surface area contributed by atoms with E-state index in [1.807, 2.05) is 0 Å². The summed E-state index contributed by atoms with van der Waals surface area (Å²) >= 11 is 0. The van der Waals surface area contributed by atoms with E-state index in [1.165, 1.54) is 6.07 Å². The second-order valence-corrected chi connectivity index (χ2v) is 6.29. The van der Waals surface area contributed by atoms with E-state index >= 15 is 0 Å². The summed E-state index contributed by atoms with van der Waals surface area (Å²) < 4.78 is 25.4. The molecular weight excluding hydrogens is 272 g/mol. The predicted octanol–water partition coefficient (Wildman–Crippen LogP) is 2.65. The van der Waals surface area contributed by atoms with Crippen LogP contribution in [-0.2, 0) is 9.84 Å². The van der Waals surface area contributed by atoms with Crippen molar-refractivity contribution in [2.75, 3.05) is 5.73 Å². The van der Waals surface area contributed by atoms with Crippen molar-refractivity contribution in [1.29, 1.82) is 0 Å². The van der Waals surface area contributed by atoms with Gasteiger partial charge in [-0.3, -0.25) is 4.98 Å². The lowest BCUT2D eigenvalue weighted by Gasteiger charge is -2.09. The Labute approximate surface area is 116 Å². The number of rotatable bonds is 2. The lowest BCUT2D eigenvalue weighted by molar-refractivity contribution is 0.597. The number of nitrogen functional groups attached to an aromatic ring is 1. The second kappa shape index (κ2) is 4.61. The van der Waals surface area contributed by atoms with Crippen molar-refractivity contribution >= 4 is 26.4 Å². The van der Waals surface area contributed by atoms with Gasteiger partial charge in [0.25, 0.3) is 0 Å². The first-order valence-electron chi connectivity index (χ1n) is 6.04. The van der Waals surface area contributed by atoms with Gasteiger partial charge in [-0.25, -0.2) is 8.42 Å². The van der Waals surface area contributed by atoms with Crippen molar-refractivity contribution in [3.8, 4) is 0 Å². The average molecular weight is 284 g/mol. The molecule has 0 radical (unpaired) electrons. The molecule has 0 unspecified atom stereocenters. The quantitative estimate of drug-likeness (QED) is 0.734. The Hall–Kier alpha value is -2.40. The summed E-state index contributed by atoms with van der Waals surface area (Å²) in [4.78, 5) is 4.60. The number of nitrogens with two attached hydrogens (primary N) is 1. The Balaban J connectivity index is 2.34. The van der Waals surface area contributed by atoms with Crippen LogP contribution in [-0.4, -0.2) is 13.4 Å². The zero-order chi connectivity index (χ0) is 14.2. The molecule has 0 spiro atoms. The summed E-state index contributed by atoms with van der Waals surface area (Å²) in [5, 5.41) is 0.643. The minimum Gasteiger partial charge on any atom is -0.398 e. The molecule has 0 aliphatic rings. The van der Waals surface area contributed by atoms with E-state index in [4.69, 9.17) is 5.73 Å². The molecular formula is C15H12N2O2S. The van der Waals surface area contributed by atoms with Gasteiger partial charge in [0, 0.05) is 17.3 Å². The third kappa shape index (κ3) is 1.92. The maximum Gasteiger partial charge on any atom is 0.208 e. The number of aromatic nitrogens is 1. The summed E-state index contributed by atoms with van der Waals surface area (Å²) in [6.07, 6.45) is 1.56. The van der Waals surface area contributed by atoms with Crippen LogP contribution < -0.4 is 5.73 Å². The number of fused-ring (bicyclic) bond motifs is 1. The van der Waals surface area contributed by atoms with Crippen molar-refractivity contribution < 1.29 is 8.42 Å². The number of hydrogen-bond donors (Lipinski definition) is 1. The highest BCUT2D eigenvalue weighted by Gasteiger charge is 2.21. The predicted molar refractivity (Wildman–Crippen MR) is 78.0 cm³/mol. The lowest BCUT2D eigenvalue weighted by atomic mass is 10.2. The third-order valence-electron chi connectivity index (χ3n) is 3.11. The van der Waals surface area contributed by atoms with Gasteiger partial charge in [0.15, 0.2) is 0 Å². The molecule has 0 atom stereocenters. The van der Waals surface area contributed by atoms with Gasteiger partial charge in [0.05, 0.1) is 15.3 Å². The molecule has 100 valence electrons. The highest BCUT2D eigenvalue weighted by atomic mass is 32.2. The van der Waals surface area contributed by atoms with Crippen LogP contribution in [0.25, 0.3) is 10.9 Å². The van der Waals surface area contributed by atoms with Crippen LogP contribution >= 0.6 is 0 Å². The Bertz CT molecular complexity index is 875. The maximum absolute atomic E-state index is 12.7. The van der Waals surface area contributed by atoms with E-state index in [2.05, 4.69) is 4.98 Å². The van der Waals surface area contributed by atoms with Crippen LogP contribution in [0.1, 0.15) is 0 Å². The molecule has 4 nitrogen and oxygen atoms in total. The van der Waals surface area contributed by atoms with Gasteiger partial charge in [-0.1, -0.05) is 18.2 Å².